The fourth-order valence-corrected chi connectivity index (χ4v) is 2.86. The Kier molecular flexibility index (Phi) is 6.34. The highest BCUT2D eigenvalue weighted by Crippen LogP contribution is 2.13. The number of hydrogen-bond donors (Lipinski definition) is 1. The van der Waals surface area contributed by atoms with Crippen LogP contribution in [0.1, 0.15) is 33.1 Å². The molecule has 0 aliphatic carbocycles. The fraction of sp³-hybridized carbons (Fsp3) is 0.647. The SMILES string of the molecule is CCCC1CN(CCOc2ccccc2)C(C)CCN1. The summed E-state index contributed by atoms with van der Waals surface area (Å²) in [5.41, 5.74) is 0. The summed E-state index contributed by atoms with van der Waals surface area (Å²) in [5.74, 6) is 0.971. The number of nitrogens with zero attached hydrogens (tertiary/aromatic N) is 1. The molecule has 0 saturated carbocycles. The van der Waals surface area contributed by atoms with Gasteiger partial charge in [0.2, 0.25) is 0 Å². The lowest BCUT2D eigenvalue weighted by atomic mass is 10.1. The normalized spacial score (nSPS) is 24.3. The molecule has 3 nitrogen and oxygen atoms in total. The lowest BCUT2D eigenvalue weighted by molar-refractivity contribution is 0.163. The highest BCUT2D eigenvalue weighted by Gasteiger charge is 2.21. The van der Waals surface area contributed by atoms with Crippen molar-refractivity contribution >= 4 is 0 Å². The van der Waals surface area contributed by atoms with E-state index in [1.807, 2.05) is 30.3 Å². The molecule has 1 aliphatic rings. The number of para-hydroxylation sites is 1. The minimum Gasteiger partial charge on any atom is -0.492 e. The summed E-state index contributed by atoms with van der Waals surface area (Å²) in [6, 6.07) is 11.4. The van der Waals surface area contributed by atoms with Gasteiger partial charge in [0.15, 0.2) is 0 Å². The minimum absolute atomic E-state index is 0.640. The van der Waals surface area contributed by atoms with Crippen molar-refractivity contribution in [3.8, 4) is 5.75 Å². The van der Waals surface area contributed by atoms with Gasteiger partial charge in [-0.3, -0.25) is 4.90 Å². The molecule has 2 atom stereocenters. The third kappa shape index (κ3) is 4.80. The number of benzene rings is 1. The van der Waals surface area contributed by atoms with E-state index in [2.05, 4.69) is 24.1 Å². The maximum absolute atomic E-state index is 5.83. The van der Waals surface area contributed by atoms with Gasteiger partial charge in [0.25, 0.3) is 0 Å². The maximum Gasteiger partial charge on any atom is 0.119 e. The van der Waals surface area contributed by atoms with Gasteiger partial charge in [-0.15, -0.1) is 0 Å². The Hall–Kier alpha value is -1.06. The zero-order chi connectivity index (χ0) is 14.2. The Balaban J connectivity index is 1.79. The number of ether oxygens (including phenoxy) is 1. The number of hydrogen-bond acceptors (Lipinski definition) is 3. The molecule has 1 fully saturated rings. The van der Waals surface area contributed by atoms with Crippen LogP contribution in [0.4, 0.5) is 0 Å². The average molecular weight is 276 g/mol. The molecule has 1 heterocycles. The molecule has 0 radical (unpaired) electrons. The van der Waals surface area contributed by atoms with E-state index in [0.29, 0.717) is 12.1 Å². The zero-order valence-corrected chi connectivity index (χ0v) is 12.8. The monoisotopic (exact) mass is 276 g/mol. The van der Waals surface area contributed by atoms with Gasteiger partial charge in [-0.05, 0) is 38.4 Å². The van der Waals surface area contributed by atoms with Gasteiger partial charge in [0.05, 0.1) is 0 Å². The molecule has 1 saturated heterocycles. The van der Waals surface area contributed by atoms with Crippen LogP contribution in [-0.4, -0.2) is 43.2 Å². The average Bonchev–Trinajstić information content (AvgIpc) is 2.63. The topological polar surface area (TPSA) is 24.5 Å². The van der Waals surface area contributed by atoms with Crippen LogP contribution in [-0.2, 0) is 0 Å². The Morgan fingerprint density at radius 3 is 2.85 bits per heavy atom. The van der Waals surface area contributed by atoms with Crippen LogP contribution in [0.25, 0.3) is 0 Å². The first-order chi connectivity index (χ1) is 9.79. The largest absolute Gasteiger partial charge is 0.492 e. The van der Waals surface area contributed by atoms with Gasteiger partial charge in [-0.1, -0.05) is 31.5 Å². The van der Waals surface area contributed by atoms with E-state index in [-0.39, 0.29) is 0 Å². The first kappa shape index (κ1) is 15.3. The first-order valence-electron chi connectivity index (χ1n) is 7.95. The fourth-order valence-electron chi connectivity index (χ4n) is 2.86. The summed E-state index contributed by atoms with van der Waals surface area (Å²) in [6.45, 7) is 8.66. The molecule has 0 aromatic heterocycles. The summed E-state index contributed by atoms with van der Waals surface area (Å²) < 4.78 is 5.83. The van der Waals surface area contributed by atoms with E-state index in [0.717, 1.165) is 32.0 Å². The Bertz CT molecular complexity index is 369. The second kappa shape index (κ2) is 8.28. The van der Waals surface area contributed by atoms with Crippen molar-refractivity contribution < 1.29 is 4.74 Å². The van der Waals surface area contributed by atoms with Gasteiger partial charge in [-0.25, -0.2) is 0 Å². The van der Waals surface area contributed by atoms with Gasteiger partial charge < -0.3 is 10.1 Å². The molecule has 2 unspecified atom stereocenters. The van der Waals surface area contributed by atoms with Crippen molar-refractivity contribution in [1.82, 2.24) is 10.2 Å². The van der Waals surface area contributed by atoms with Crippen molar-refractivity contribution in [3.05, 3.63) is 30.3 Å². The van der Waals surface area contributed by atoms with Crippen LogP contribution in [0, 0.1) is 0 Å². The van der Waals surface area contributed by atoms with E-state index < -0.39 is 0 Å². The van der Waals surface area contributed by atoms with Crippen molar-refractivity contribution in [2.45, 2.75) is 45.2 Å². The molecule has 1 N–H and O–H groups in total. The maximum atomic E-state index is 5.83. The van der Waals surface area contributed by atoms with E-state index in [4.69, 9.17) is 4.74 Å². The summed E-state index contributed by atoms with van der Waals surface area (Å²) in [7, 11) is 0. The van der Waals surface area contributed by atoms with E-state index >= 15 is 0 Å². The lowest BCUT2D eigenvalue weighted by Crippen LogP contribution is -2.41. The lowest BCUT2D eigenvalue weighted by Gasteiger charge is -2.28. The third-order valence-corrected chi connectivity index (χ3v) is 4.10. The van der Waals surface area contributed by atoms with Crippen LogP contribution < -0.4 is 10.1 Å². The summed E-state index contributed by atoms with van der Waals surface area (Å²) >= 11 is 0. The van der Waals surface area contributed by atoms with Gasteiger partial charge in [-0.2, -0.15) is 0 Å². The van der Waals surface area contributed by atoms with Gasteiger partial charge in [0, 0.05) is 25.2 Å². The Morgan fingerprint density at radius 1 is 1.30 bits per heavy atom. The molecule has 112 valence electrons. The van der Waals surface area contributed by atoms with Crippen LogP contribution >= 0.6 is 0 Å². The Morgan fingerprint density at radius 2 is 2.10 bits per heavy atom. The molecule has 1 aliphatic heterocycles. The van der Waals surface area contributed by atoms with Crippen LogP contribution in [0.5, 0.6) is 5.75 Å². The van der Waals surface area contributed by atoms with E-state index in [1.54, 1.807) is 0 Å². The Labute approximate surface area is 123 Å². The van der Waals surface area contributed by atoms with Crippen molar-refractivity contribution in [1.29, 1.82) is 0 Å². The molecular formula is C17H28N2O. The predicted octanol–water partition coefficient (Wildman–Crippen LogP) is 2.92. The molecule has 20 heavy (non-hydrogen) atoms. The molecule has 0 bridgehead atoms. The molecule has 0 amide bonds. The molecule has 1 aromatic rings. The highest BCUT2D eigenvalue weighted by molar-refractivity contribution is 5.20. The van der Waals surface area contributed by atoms with Gasteiger partial charge in [0.1, 0.15) is 12.4 Å². The highest BCUT2D eigenvalue weighted by atomic mass is 16.5. The van der Waals surface area contributed by atoms with Crippen LogP contribution in [0.2, 0.25) is 0 Å². The molecule has 3 heteroatoms. The first-order valence-corrected chi connectivity index (χ1v) is 7.95. The van der Waals surface area contributed by atoms with E-state index in [1.165, 1.54) is 19.3 Å². The van der Waals surface area contributed by atoms with Crippen LogP contribution in [0.15, 0.2) is 30.3 Å². The van der Waals surface area contributed by atoms with Crippen molar-refractivity contribution in [2.24, 2.45) is 0 Å². The number of nitrogens with one attached hydrogen (secondary N) is 1. The summed E-state index contributed by atoms with van der Waals surface area (Å²) in [5, 5.41) is 3.67. The molecular weight excluding hydrogens is 248 g/mol. The molecule has 2 rings (SSSR count). The number of rotatable bonds is 6. The minimum atomic E-state index is 0.640. The van der Waals surface area contributed by atoms with Crippen LogP contribution in [0.3, 0.4) is 0 Å². The standard InChI is InChI=1S/C17H28N2O/c1-3-7-16-14-19(15(2)10-11-18-16)12-13-20-17-8-5-4-6-9-17/h4-6,8-9,15-16,18H,3,7,10-14H2,1-2H3. The second-order valence-electron chi connectivity index (χ2n) is 5.73. The second-order valence-corrected chi connectivity index (χ2v) is 5.73. The smallest absolute Gasteiger partial charge is 0.119 e. The zero-order valence-electron chi connectivity index (χ0n) is 12.8. The van der Waals surface area contributed by atoms with Gasteiger partial charge >= 0.3 is 0 Å². The molecule has 1 aromatic carbocycles. The quantitative estimate of drug-likeness (QED) is 0.864. The van der Waals surface area contributed by atoms with E-state index in [9.17, 15) is 0 Å². The molecule has 0 spiro atoms. The van der Waals surface area contributed by atoms with Crippen molar-refractivity contribution in [3.63, 3.8) is 0 Å². The summed E-state index contributed by atoms with van der Waals surface area (Å²) in [4.78, 5) is 2.57. The van der Waals surface area contributed by atoms with Crippen molar-refractivity contribution in [2.75, 3.05) is 26.2 Å². The predicted molar refractivity (Wildman–Crippen MR) is 84.3 cm³/mol. The summed E-state index contributed by atoms with van der Waals surface area (Å²) in [6.07, 6.45) is 3.74. The third-order valence-electron chi connectivity index (χ3n) is 4.10.